The second-order valence-electron chi connectivity index (χ2n) is 3.24. The molecule has 12 heavy (non-hydrogen) atoms. The van der Waals surface area contributed by atoms with Gasteiger partial charge in [-0.15, -0.1) is 0 Å². The minimum absolute atomic E-state index is 0.139. The predicted molar refractivity (Wildman–Crippen MR) is 56.8 cm³/mol. The van der Waals surface area contributed by atoms with Gasteiger partial charge in [0.1, 0.15) is 0 Å². The van der Waals surface area contributed by atoms with E-state index < -0.39 is 0 Å². The second kappa shape index (κ2) is 11.3. The van der Waals surface area contributed by atoms with Crippen LogP contribution in [0.3, 0.4) is 0 Å². The summed E-state index contributed by atoms with van der Waals surface area (Å²) in [6.07, 6.45) is 9.54. The van der Waals surface area contributed by atoms with Crippen molar-refractivity contribution in [1.29, 1.82) is 0 Å². The van der Waals surface area contributed by atoms with Gasteiger partial charge in [-0.3, -0.25) is 4.39 Å². The maximum Gasteiger partial charge on any atom is 0.0894 e. The van der Waals surface area contributed by atoms with Crippen molar-refractivity contribution in [2.45, 2.75) is 51.4 Å². The van der Waals surface area contributed by atoms with Crippen molar-refractivity contribution < 1.29 is 4.39 Å². The molecule has 0 saturated heterocycles. The summed E-state index contributed by atoms with van der Waals surface area (Å²) in [6.45, 7) is -0.139. The van der Waals surface area contributed by atoms with Crippen molar-refractivity contribution in [3.8, 4) is 0 Å². The molecule has 74 valence electrons. The first kappa shape index (κ1) is 12.3. The summed E-state index contributed by atoms with van der Waals surface area (Å²) in [4.78, 5) is 0. The first-order chi connectivity index (χ1) is 5.91. The number of hydrogen-bond acceptors (Lipinski definition) is 1. The van der Waals surface area contributed by atoms with Crippen LogP contribution in [0.5, 0.6) is 0 Å². The van der Waals surface area contributed by atoms with Crippen molar-refractivity contribution in [3.63, 3.8) is 0 Å². The van der Waals surface area contributed by atoms with Crippen LogP contribution in [0.4, 0.5) is 4.39 Å². The lowest BCUT2D eigenvalue weighted by atomic mass is 10.1. The Hall–Kier alpha value is 0.280. The fraction of sp³-hybridized carbons (Fsp3) is 1.00. The Morgan fingerprint density at radius 3 is 1.50 bits per heavy atom. The minimum Gasteiger partial charge on any atom is -0.251 e. The smallest absolute Gasteiger partial charge is 0.0894 e. The summed E-state index contributed by atoms with van der Waals surface area (Å²) in [6, 6.07) is 0. The molecule has 0 bridgehead atoms. The summed E-state index contributed by atoms with van der Waals surface area (Å²) in [5, 5.41) is 0. The average Bonchev–Trinajstić information content (AvgIpc) is 2.10. The zero-order valence-corrected chi connectivity index (χ0v) is 8.79. The Kier molecular flexibility index (Phi) is 11.5. The molecule has 0 rings (SSSR count). The minimum atomic E-state index is -0.139. The van der Waals surface area contributed by atoms with E-state index in [4.69, 9.17) is 0 Å². The van der Waals surface area contributed by atoms with Gasteiger partial charge in [0.15, 0.2) is 0 Å². The molecule has 0 aliphatic heterocycles. The molecule has 0 N–H and O–H groups in total. The van der Waals surface area contributed by atoms with E-state index >= 15 is 0 Å². The molecule has 0 aromatic heterocycles. The van der Waals surface area contributed by atoms with Crippen LogP contribution in [0.1, 0.15) is 51.4 Å². The van der Waals surface area contributed by atoms with Gasteiger partial charge in [-0.05, 0) is 18.6 Å². The van der Waals surface area contributed by atoms with Crippen molar-refractivity contribution >= 4 is 12.6 Å². The van der Waals surface area contributed by atoms with Crippen LogP contribution >= 0.6 is 12.6 Å². The highest BCUT2D eigenvalue weighted by Crippen LogP contribution is 2.08. The van der Waals surface area contributed by atoms with Crippen LogP contribution in [-0.4, -0.2) is 12.4 Å². The van der Waals surface area contributed by atoms with E-state index in [1.54, 1.807) is 0 Å². The van der Waals surface area contributed by atoms with E-state index in [0.29, 0.717) is 0 Å². The second-order valence-corrected chi connectivity index (χ2v) is 3.69. The van der Waals surface area contributed by atoms with Gasteiger partial charge in [-0.25, -0.2) is 0 Å². The van der Waals surface area contributed by atoms with E-state index in [9.17, 15) is 4.39 Å². The number of unbranched alkanes of at least 4 members (excludes halogenated alkanes) is 7. The van der Waals surface area contributed by atoms with Gasteiger partial charge in [0.05, 0.1) is 6.67 Å². The first-order valence-corrected chi connectivity index (χ1v) is 5.72. The largest absolute Gasteiger partial charge is 0.251 e. The first-order valence-electron chi connectivity index (χ1n) is 5.08. The predicted octanol–water partition coefficient (Wildman–Crippen LogP) is 4.01. The van der Waals surface area contributed by atoms with Gasteiger partial charge in [-0.2, -0.15) is 12.6 Å². The molecule has 0 atom stereocenters. The molecular formula is C10H21FS. The van der Waals surface area contributed by atoms with Crippen LogP contribution in [-0.2, 0) is 0 Å². The third-order valence-electron chi connectivity index (χ3n) is 2.04. The topological polar surface area (TPSA) is 0 Å². The lowest BCUT2D eigenvalue weighted by molar-refractivity contribution is 0.449. The molecule has 0 spiro atoms. The van der Waals surface area contributed by atoms with Crippen LogP contribution in [0.2, 0.25) is 0 Å². The molecule has 0 aliphatic rings. The molecule has 0 amide bonds. The number of thiol groups is 1. The summed E-state index contributed by atoms with van der Waals surface area (Å²) < 4.78 is 11.7. The van der Waals surface area contributed by atoms with Crippen molar-refractivity contribution in [3.05, 3.63) is 0 Å². The number of hydrogen-bond donors (Lipinski definition) is 1. The number of halogens is 1. The lowest BCUT2D eigenvalue weighted by Gasteiger charge is -1.99. The molecule has 0 aromatic rings. The Morgan fingerprint density at radius 2 is 1.08 bits per heavy atom. The zero-order valence-electron chi connectivity index (χ0n) is 7.90. The Bertz CT molecular complexity index is 66.2. The highest BCUT2D eigenvalue weighted by molar-refractivity contribution is 7.80. The molecule has 0 heterocycles. The molecule has 2 heteroatoms. The SMILES string of the molecule is FCCCCCCCCCCS. The van der Waals surface area contributed by atoms with Gasteiger partial charge in [-0.1, -0.05) is 38.5 Å². The molecule has 0 fully saturated rings. The van der Waals surface area contributed by atoms with E-state index in [0.717, 1.165) is 18.6 Å². The van der Waals surface area contributed by atoms with Gasteiger partial charge >= 0.3 is 0 Å². The van der Waals surface area contributed by atoms with E-state index in [1.165, 1.54) is 38.5 Å². The molecule has 0 aromatic carbocycles. The zero-order chi connectivity index (χ0) is 9.07. The van der Waals surface area contributed by atoms with E-state index in [1.807, 2.05) is 0 Å². The molecule has 0 unspecified atom stereocenters. The lowest BCUT2D eigenvalue weighted by Crippen LogP contribution is -1.82. The fourth-order valence-electron chi connectivity index (χ4n) is 1.27. The standard InChI is InChI=1S/C10H21FS/c11-9-7-5-3-1-2-4-6-8-10-12/h12H,1-10H2. The fourth-order valence-corrected chi connectivity index (χ4v) is 1.49. The summed E-state index contributed by atoms with van der Waals surface area (Å²) in [5.41, 5.74) is 0. The number of rotatable bonds is 9. The van der Waals surface area contributed by atoms with E-state index in [2.05, 4.69) is 12.6 Å². The monoisotopic (exact) mass is 192 g/mol. The summed E-state index contributed by atoms with van der Waals surface area (Å²) in [7, 11) is 0. The van der Waals surface area contributed by atoms with Gasteiger partial charge in [0.25, 0.3) is 0 Å². The average molecular weight is 192 g/mol. The van der Waals surface area contributed by atoms with Crippen molar-refractivity contribution in [2.24, 2.45) is 0 Å². The van der Waals surface area contributed by atoms with E-state index in [-0.39, 0.29) is 6.67 Å². The molecule has 0 aliphatic carbocycles. The maximum absolute atomic E-state index is 11.7. The highest BCUT2D eigenvalue weighted by Gasteiger charge is 1.90. The normalized spacial score (nSPS) is 10.5. The molecular weight excluding hydrogens is 171 g/mol. The van der Waals surface area contributed by atoms with Crippen molar-refractivity contribution in [1.82, 2.24) is 0 Å². The third kappa shape index (κ3) is 10.3. The Balaban J connectivity index is 2.73. The highest BCUT2D eigenvalue weighted by atomic mass is 32.1. The van der Waals surface area contributed by atoms with Crippen LogP contribution in [0.15, 0.2) is 0 Å². The number of alkyl halides is 1. The van der Waals surface area contributed by atoms with Gasteiger partial charge in [0.2, 0.25) is 0 Å². The third-order valence-corrected chi connectivity index (χ3v) is 2.36. The quantitative estimate of drug-likeness (QED) is 0.414. The molecule has 0 saturated carbocycles. The van der Waals surface area contributed by atoms with Gasteiger partial charge < -0.3 is 0 Å². The van der Waals surface area contributed by atoms with Crippen LogP contribution < -0.4 is 0 Å². The van der Waals surface area contributed by atoms with Gasteiger partial charge in [0, 0.05) is 0 Å². The molecule has 0 radical (unpaired) electrons. The van der Waals surface area contributed by atoms with Crippen molar-refractivity contribution in [2.75, 3.05) is 12.4 Å². The Labute approximate surface area is 81.3 Å². The summed E-state index contributed by atoms with van der Waals surface area (Å²) in [5.74, 6) is 1.02. The maximum atomic E-state index is 11.7. The summed E-state index contributed by atoms with van der Waals surface area (Å²) >= 11 is 4.15. The van der Waals surface area contributed by atoms with Crippen LogP contribution in [0, 0.1) is 0 Å². The molecule has 0 nitrogen and oxygen atoms in total. The Morgan fingerprint density at radius 1 is 0.667 bits per heavy atom. The van der Waals surface area contributed by atoms with Crippen LogP contribution in [0.25, 0.3) is 0 Å².